The molecular formula is C14H29N3O2. The minimum atomic E-state index is -0.440. The van der Waals surface area contributed by atoms with Crippen molar-refractivity contribution in [1.82, 2.24) is 15.5 Å². The highest BCUT2D eigenvalue weighted by molar-refractivity contribution is 5.67. The third kappa shape index (κ3) is 6.25. The van der Waals surface area contributed by atoms with Crippen molar-refractivity contribution in [3.63, 3.8) is 0 Å². The third-order valence-electron chi connectivity index (χ3n) is 3.36. The van der Waals surface area contributed by atoms with Crippen LogP contribution in [0.3, 0.4) is 0 Å². The first-order valence-electron chi connectivity index (χ1n) is 7.10. The van der Waals surface area contributed by atoms with E-state index in [0.717, 1.165) is 13.0 Å². The van der Waals surface area contributed by atoms with Crippen molar-refractivity contribution in [1.29, 1.82) is 0 Å². The summed E-state index contributed by atoms with van der Waals surface area (Å²) in [5.41, 5.74) is -0.440. The van der Waals surface area contributed by atoms with Crippen LogP contribution in [0.2, 0.25) is 0 Å². The normalized spacial score (nSPS) is 26.2. The molecular weight excluding hydrogens is 242 g/mol. The van der Waals surface area contributed by atoms with Crippen LogP contribution in [0.15, 0.2) is 0 Å². The van der Waals surface area contributed by atoms with Crippen molar-refractivity contribution in [3.05, 3.63) is 0 Å². The van der Waals surface area contributed by atoms with Crippen molar-refractivity contribution < 1.29 is 9.53 Å². The molecule has 0 bridgehead atoms. The van der Waals surface area contributed by atoms with E-state index in [9.17, 15) is 4.79 Å². The van der Waals surface area contributed by atoms with Crippen LogP contribution in [0, 0.1) is 0 Å². The maximum absolute atomic E-state index is 11.5. The number of likely N-dealkylation sites (N-methyl/N-ethyl adjacent to an activating group) is 1. The molecule has 1 fully saturated rings. The molecule has 3 atom stereocenters. The molecule has 0 aromatic heterocycles. The van der Waals surface area contributed by atoms with E-state index in [-0.39, 0.29) is 12.1 Å². The summed E-state index contributed by atoms with van der Waals surface area (Å²) < 4.78 is 5.21. The van der Waals surface area contributed by atoms with Crippen LogP contribution in [-0.2, 0) is 4.74 Å². The molecule has 1 heterocycles. The van der Waals surface area contributed by atoms with Crippen molar-refractivity contribution in [2.75, 3.05) is 20.1 Å². The number of hydrogen-bond acceptors (Lipinski definition) is 4. The number of likely N-dealkylation sites (tertiary alicyclic amines) is 1. The summed E-state index contributed by atoms with van der Waals surface area (Å²) in [4.78, 5) is 13.9. The van der Waals surface area contributed by atoms with Crippen LogP contribution in [0.5, 0.6) is 0 Å². The van der Waals surface area contributed by atoms with Crippen molar-refractivity contribution >= 4 is 6.09 Å². The lowest BCUT2D eigenvalue weighted by molar-refractivity contribution is 0.0522. The molecule has 0 radical (unpaired) electrons. The summed E-state index contributed by atoms with van der Waals surface area (Å²) in [5.74, 6) is 0. The highest BCUT2D eigenvalue weighted by Gasteiger charge is 2.26. The van der Waals surface area contributed by atoms with E-state index in [0.29, 0.717) is 18.6 Å². The Morgan fingerprint density at radius 1 is 1.47 bits per heavy atom. The molecule has 2 N–H and O–H groups in total. The fourth-order valence-electron chi connectivity index (χ4n) is 2.33. The van der Waals surface area contributed by atoms with Gasteiger partial charge in [0.1, 0.15) is 5.60 Å². The second kappa shape index (κ2) is 6.57. The molecule has 0 aliphatic carbocycles. The van der Waals surface area contributed by atoms with Gasteiger partial charge in [-0.2, -0.15) is 0 Å². The van der Waals surface area contributed by atoms with Crippen LogP contribution in [0.25, 0.3) is 0 Å². The number of carbonyl (C=O) groups is 1. The van der Waals surface area contributed by atoms with Gasteiger partial charge in [-0.1, -0.05) is 0 Å². The molecule has 1 aliphatic heterocycles. The maximum atomic E-state index is 11.5. The van der Waals surface area contributed by atoms with E-state index < -0.39 is 5.60 Å². The van der Waals surface area contributed by atoms with Gasteiger partial charge in [-0.3, -0.25) is 0 Å². The summed E-state index contributed by atoms with van der Waals surface area (Å²) in [6, 6.07) is 1.38. The fourth-order valence-corrected chi connectivity index (χ4v) is 2.33. The van der Waals surface area contributed by atoms with Gasteiger partial charge in [0, 0.05) is 31.2 Å². The maximum Gasteiger partial charge on any atom is 0.407 e. The number of ether oxygens (including phenoxy) is 1. The van der Waals surface area contributed by atoms with Gasteiger partial charge in [0.25, 0.3) is 0 Å². The van der Waals surface area contributed by atoms with Gasteiger partial charge in [0.15, 0.2) is 0 Å². The standard InChI is InChI=1S/C14H29N3O2/c1-10(8-15-13(18)19-14(3,4)5)16-12-7-11(2)17(6)9-12/h10-12,16H,7-9H2,1-6H3,(H,15,18). The average molecular weight is 271 g/mol. The second-order valence-electron chi connectivity index (χ2n) is 6.67. The summed E-state index contributed by atoms with van der Waals surface area (Å²) in [5, 5.41) is 6.34. The van der Waals surface area contributed by atoms with Gasteiger partial charge in [0.05, 0.1) is 0 Å². The number of carbonyl (C=O) groups excluding carboxylic acids is 1. The summed E-state index contributed by atoms with van der Waals surface area (Å²) in [7, 11) is 2.15. The Labute approximate surface area is 117 Å². The van der Waals surface area contributed by atoms with Crippen LogP contribution in [0.1, 0.15) is 41.0 Å². The third-order valence-corrected chi connectivity index (χ3v) is 3.36. The van der Waals surface area contributed by atoms with E-state index in [2.05, 4.69) is 36.4 Å². The van der Waals surface area contributed by atoms with Gasteiger partial charge in [-0.05, 0) is 48.1 Å². The summed E-state index contributed by atoms with van der Waals surface area (Å²) in [6.07, 6.45) is 0.811. The van der Waals surface area contributed by atoms with Gasteiger partial charge < -0.3 is 20.3 Å². The van der Waals surface area contributed by atoms with Crippen molar-refractivity contribution in [3.8, 4) is 0 Å². The lowest BCUT2D eigenvalue weighted by Gasteiger charge is -2.22. The predicted octanol–water partition coefficient (Wildman–Crippen LogP) is 1.58. The van der Waals surface area contributed by atoms with Gasteiger partial charge in [0.2, 0.25) is 0 Å². The van der Waals surface area contributed by atoms with E-state index in [4.69, 9.17) is 4.74 Å². The quantitative estimate of drug-likeness (QED) is 0.815. The minimum Gasteiger partial charge on any atom is -0.444 e. The monoisotopic (exact) mass is 271 g/mol. The number of amides is 1. The number of hydrogen-bond donors (Lipinski definition) is 2. The minimum absolute atomic E-state index is 0.246. The van der Waals surface area contributed by atoms with Crippen LogP contribution in [-0.4, -0.2) is 54.9 Å². The molecule has 3 unspecified atom stereocenters. The molecule has 0 saturated carbocycles. The summed E-state index contributed by atoms with van der Waals surface area (Å²) in [6.45, 7) is 11.6. The first-order chi connectivity index (χ1) is 8.67. The Morgan fingerprint density at radius 2 is 2.11 bits per heavy atom. The molecule has 5 nitrogen and oxygen atoms in total. The largest absolute Gasteiger partial charge is 0.444 e. The summed E-state index contributed by atoms with van der Waals surface area (Å²) >= 11 is 0. The van der Waals surface area contributed by atoms with Crippen LogP contribution >= 0.6 is 0 Å². The number of alkyl carbamates (subject to hydrolysis) is 1. The lowest BCUT2D eigenvalue weighted by atomic mass is 10.1. The molecule has 1 rings (SSSR count). The molecule has 0 aromatic rings. The second-order valence-corrected chi connectivity index (χ2v) is 6.67. The van der Waals surface area contributed by atoms with Crippen molar-refractivity contribution in [2.24, 2.45) is 0 Å². The first kappa shape index (κ1) is 16.2. The average Bonchev–Trinajstić information content (AvgIpc) is 2.52. The van der Waals surface area contributed by atoms with Crippen molar-refractivity contribution in [2.45, 2.75) is 64.8 Å². The van der Waals surface area contributed by atoms with E-state index in [1.807, 2.05) is 20.8 Å². The molecule has 1 aliphatic rings. The predicted molar refractivity (Wildman–Crippen MR) is 77.3 cm³/mol. The first-order valence-corrected chi connectivity index (χ1v) is 7.10. The van der Waals surface area contributed by atoms with Gasteiger partial charge in [-0.15, -0.1) is 0 Å². The molecule has 1 saturated heterocycles. The number of nitrogens with one attached hydrogen (secondary N) is 2. The molecule has 1 amide bonds. The van der Waals surface area contributed by atoms with Gasteiger partial charge >= 0.3 is 6.09 Å². The molecule has 0 spiro atoms. The zero-order chi connectivity index (χ0) is 14.6. The SMILES string of the molecule is CC(CNC(=O)OC(C)(C)C)NC1CC(C)N(C)C1. The Morgan fingerprint density at radius 3 is 2.58 bits per heavy atom. The van der Waals surface area contributed by atoms with Gasteiger partial charge in [-0.25, -0.2) is 4.79 Å². The Bertz CT molecular complexity index is 292. The lowest BCUT2D eigenvalue weighted by Crippen LogP contribution is -2.45. The Hall–Kier alpha value is -0.810. The van der Waals surface area contributed by atoms with Crippen LogP contribution in [0.4, 0.5) is 4.79 Å². The molecule has 112 valence electrons. The zero-order valence-corrected chi connectivity index (χ0v) is 13.1. The zero-order valence-electron chi connectivity index (χ0n) is 13.1. The van der Waals surface area contributed by atoms with E-state index in [1.165, 1.54) is 0 Å². The number of rotatable bonds is 4. The Balaban J connectivity index is 2.21. The molecule has 19 heavy (non-hydrogen) atoms. The molecule has 0 aromatic carbocycles. The van der Waals surface area contributed by atoms with E-state index in [1.54, 1.807) is 0 Å². The van der Waals surface area contributed by atoms with Crippen LogP contribution < -0.4 is 10.6 Å². The highest BCUT2D eigenvalue weighted by Crippen LogP contribution is 2.15. The Kier molecular flexibility index (Phi) is 5.62. The smallest absolute Gasteiger partial charge is 0.407 e. The fraction of sp³-hybridized carbons (Fsp3) is 0.929. The van der Waals surface area contributed by atoms with E-state index >= 15 is 0 Å². The highest BCUT2D eigenvalue weighted by atomic mass is 16.6. The topological polar surface area (TPSA) is 53.6 Å². The molecule has 5 heteroatoms. The number of nitrogens with zero attached hydrogens (tertiary/aromatic N) is 1.